The first kappa shape index (κ1) is 12.1. The van der Waals surface area contributed by atoms with Crippen molar-refractivity contribution in [2.45, 2.75) is 20.0 Å². The Morgan fingerprint density at radius 3 is 2.67 bits per heavy atom. The van der Waals surface area contributed by atoms with E-state index >= 15 is 0 Å². The van der Waals surface area contributed by atoms with Gasteiger partial charge in [-0.05, 0) is 26.0 Å². The van der Waals surface area contributed by atoms with Gasteiger partial charge in [0.25, 0.3) is 0 Å². The van der Waals surface area contributed by atoms with E-state index < -0.39 is 12.1 Å². The van der Waals surface area contributed by atoms with E-state index in [-0.39, 0.29) is 6.01 Å². The molecule has 1 aromatic carbocycles. The van der Waals surface area contributed by atoms with Gasteiger partial charge in [-0.1, -0.05) is 18.2 Å². The smallest absolute Gasteiger partial charge is 0.344 e. The molecular formula is C12H13N3O3. The maximum Gasteiger partial charge on any atom is 0.344 e. The molecule has 0 radical (unpaired) electrons. The van der Waals surface area contributed by atoms with Crippen LogP contribution in [0.3, 0.4) is 0 Å². The summed E-state index contributed by atoms with van der Waals surface area (Å²) in [6, 6.07) is 9.50. The molecule has 0 amide bonds. The zero-order valence-corrected chi connectivity index (χ0v) is 10.1. The molecule has 1 unspecified atom stereocenters. The van der Waals surface area contributed by atoms with Crippen LogP contribution in [0.4, 0.5) is 0 Å². The molecule has 1 aromatic heterocycles. The van der Waals surface area contributed by atoms with E-state index in [9.17, 15) is 4.79 Å². The lowest BCUT2D eigenvalue weighted by Gasteiger charge is -2.05. The van der Waals surface area contributed by atoms with Crippen LogP contribution in [0, 0.1) is 6.92 Å². The second kappa shape index (κ2) is 4.87. The Kier molecular flexibility index (Phi) is 3.27. The van der Waals surface area contributed by atoms with E-state index in [1.807, 2.05) is 30.3 Å². The van der Waals surface area contributed by atoms with Crippen molar-refractivity contribution in [1.82, 2.24) is 14.8 Å². The van der Waals surface area contributed by atoms with Crippen LogP contribution in [-0.2, 0) is 4.79 Å². The molecule has 1 atom stereocenters. The minimum atomic E-state index is -1.05. The lowest BCUT2D eigenvalue weighted by molar-refractivity contribution is -0.144. The van der Waals surface area contributed by atoms with Gasteiger partial charge in [0.05, 0.1) is 5.69 Å². The number of ether oxygens (including phenoxy) is 1. The SMILES string of the molecule is Cc1nc(OC(C)C(=O)O)nn1-c1ccccc1. The van der Waals surface area contributed by atoms with Crippen LogP contribution in [0.25, 0.3) is 5.69 Å². The number of para-hydroxylation sites is 1. The second-order valence-corrected chi connectivity index (χ2v) is 3.79. The summed E-state index contributed by atoms with van der Waals surface area (Å²) in [5.74, 6) is -0.419. The first-order valence-electron chi connectivity index (χ1n) is 5.46. The van der Waals surface area contributed by atoms with Crippen LogP contribution in [0.2, 0.25) is 0 Å². The van der Waals surface area contributed by atoms with Gasteiger partial charge in [-0.25, -0.2) is 9.48 Å². The van der Waals surface area contributed by atoms with Crippen molar-refractivity contribution in [3.63, 3.8) is 0 Å². The Morgan fingerprint density at radius 1 is 1.39 bits per heavy atom. The highest BCUT2D eigenvalue weighted by Crippen LogP contribution is 2.13. The molecule has 0 bridgehead atoms. The number of carboxylic acid groups (broad SMARTS) is 1. The number of carboxylic acids is 1. The Bertz CT molecular complexity index is 551. The molecule has 0 aliphatic rings. The highest BCUT2D eigenvalue weighted by Gasteiger charge is 2.16. The molecule has 0 fully saturated rings. The average molecular weight is 247 g/mol. The van der Waals surface area contributed by atoms with Crippen LogP contribution in [0.5, 0.6) is 6.01 Å². The summed E-state index contributed by atoms with van der Waals surface area (Å²) in [6.07, 6.45) is -0.976. The Balaban J connectivity index is 2.25. The quantitative estimate of drug-likeness (QED) is 0.884. The Labute approximate surface area is 104 Å². The van der Waals surface area contributed by atoms with Crippen LogP contribution in [0.1, 0.15) is 12.7 Å². The number of carbonyl (C=O) groups is 1. The summed E-state index contributed by atoms with van der Waals surface area (Å²) in [7, 11) is 0. The maximum atomic E-state index is 10.7. The van der Waals surface area contributed by atoms with Crippen LogP contribution in [-0.4, -0.2) is 31.9 Å². The molecule has 0 aliphatic heterocycles. The molecule has 2 aromatic rings. The van der Waals surface area contributed by atoms with Gasteiger partial charge < -0.3 is 9.84 Å². The third kappa shape index (κ3) is 2.48. The van der Waals surface area contributed by atoms with Crippen molar-refractivity contribution in [3.05, 3.63) is 36.2 Å². The number of hydrogen-bond donors (Lipinski definition) is 1. The summed E-state index contributed by atoms with van der Waals surface area (Å²) in [5, 5.41) is 12.9. The third-order valence-corrected chi connectivity index (χ3v) is 2.38. The maximum absolute atomic E-state index is 10.7. The van der Waals surface area contributed by atoms with Crippen molar-refractivity contribution in [3.8, 4) is 11.7 Å². The van der Waals surface area contributed by atoms with Crippen LogP contribution in [0.15, 0.2) is 30.3 Å². The van der Waals surface area contributed by atoms with Gasteiger partial charge in [0.2, 0.25) is 0 Å². The lowest BCUT2D eigenvalue weighted by atomic mass is 10.3. The fourth-order valence-corrected chi connectivity index (χ4v) is 1.44. The van der Waals surface area contributed by atoms with Crippen molar-refractivity contribution in [2.24, 2.45) is 0 Å². The van der Waals surface area contributed by atoms with Crippen molar-refractivity contribution in [2.75, 3.05) is 0 Å². The van der Waals surface area contributed by atoms with Gasteiger partial charge in [0.15, 0.2) is 6.10 Å². The summed E-state index contributed by atoms with van der Waals surface area (Å²) < 4.78 is 6.72. The lowest BCUT2D eigenvalue weighted by Crippen LogP contribution is -2.23. The number of hydrogen-bond acceptors (Lipinski definition) is 4. The number of aromatic nitrogens is 3. The fourth-order valence-electron chi connectivity index (χ4n) is 1.44. The Morgan fingerprint density at radius 2 is 2.06 bits per heavy atom. The zero-order valence-electron chi connectivity index (χ0n) is 10.1. The van der Waals surface area contributed by atoms with E-state index in [0.29, 0.717) is 5.82 Å². The molecule has 1 N–H and O–H groups in total. The fraction of sp³-hybridized carbons (Fsp3) is 0.250. The van der Waals surface area contributed by atoms with E-state index in [2.05, 4.69) is 10.1 Å². The van der Waals surface area contributed by atoms with Gasteiger partial charge in [0.1, 0.15) is 5.82 Å². The number of aryl methyl sites for hydroxylation is 1. The molecule has 18 heavy (non-hydrogen) atoms. The minimum Gasteiger partial charge on any atom is -0.479 e. The third-order valence-electron chi connectivity index (χ3n) is 2.38. The molecule has 0 saturated carbocycles. The molecule has 2 rings (SSSR count). The highest BCUT2D eigenvalue weighted by molar-refractivity contribution is 5.72. The average Bonchev–Trinajstić information content (AvgIpc) is 2.71. The van der Waals surface area contributed by atoms with Crippen LogP contribution >= 0.6 is 0 Å². The molecule has 1 heterocycles. The van der Waals surface area contributed by atoms with Gasteiger partial charge in [-0.3, -0.25) is 0 Å². The number of rotatable bonds is 4. The summed E-state index contributed by atoms with van der Waals surface area (Å²) in [6.45, 7) is 3.21. The standard InChI is InChI=1S/C12H13N3O3/c1-8(11(16)17)18-12-13-9(2)15(14-12)10-6-4-3-5-7-10/h3-8H,1-2H3,(H,16,17). The van der Waals surface area contributed by atoms with Crippen molar-refractivity contribution in [1.29, 1.82) is 0 Å². The Hall–Kier alpha value is -2.37. The van der Waals surface area contributed by atoms with Gasteiger partial charge in [0, 0.05) is 0 Å². The predicted octanol–water partition coefficient (Wildman–Crippen LogP) is 1.43. The molecule has 0 saturated heterocycles. The molecule has 6 heteroatoms. The molecule has 6 nitrogen and oxygen atoms in total. The van der Waals surface area contributed by atoms with Gasteiger partial charge in [-0.15, -0.1) is 5.10 Å². The first-order chi connectivity index (χ1) is 8.58. The molecule has 0 spiro atoms. The predicted molar refractivity (Wildman–Crippen MR) is 63.8 cm³/mol. The van der Waals surface area contributed by atoms with E-state index in [1.54, 1.807) is 11.6 Å². The molecular weight excluding hydrogens is 234 g/mol. The largest absolute Gasteiger partial charge is 0.479 e. The summed E-state index contributed by atoms with van der Waals surface area (Å²) >= 11 is 0. The van der Waals surface area contributed by atoms with Gasteiger partial charge >= 0.3 is 12.0 Å². The van der Waals surface area contributed by atoms with E-state index in [1.165, 1.54) is 6.92 Å². The number of benzene rings is 1. The highest BCUT2D eigenvalue weighted by atomic mass is 16.5. The normalized spacial score (nSPS) is 12.1. The molecule has 94 valence electrons. The number of aliphatic carboxylic acids is 1. The van der Waals surface area contributed by atoms with Crippen molar-refractivity contribution >= 4 is 5.97 Å². The number of nitrogens with zero attached hydrogens (tertiary/aromatic N) is 3. The molecule has 0 aliphatic carbocycles. The zero-order chi connectivity index (χ0) is 13.1. The van der Waals surface area contributed by atoms with Crippen molar-refractivity contribution < 1.29 is 14.6 Å². The minimum absolute atomic E-state index is 0.0613. The van der Waals surface area contributed by atoms with Gasteiger partial charge in [-0.2, -0.15) is 4.98 Å². The summed E-state index contributed by atoms with van der Waals surface area (Å²) in [4.78, 5) is 14.8. The van der Waals surface area contributed by atoms with Crippen LogP contribution < -0.4 is 4.74 Å². The van der Waals surface area contributed by atoms with E-state index in [0.717, 1.165) is 5.69 Å². The summed E-state index contributed by atoms with van der Waals surface area (Å²) in [5.41, 5.74) is 0.848. The monoisotopic (exact) mass is 247 g/mol. The first-order valence-corrected chi connectivity index (χ1v) is 5.46. The second-order valence-electron chi connectivity index (χ2n) is 3.79. The topological polar surface area (TPSA) is 77.2 Å². The van der Waals surface area contributed by atoms with E-state index in [4.69, 9.17) is 9.84 Å².